The quantitative estimate of drug-likeness (QED) is 0.621. The summed E-state index contributed by atoms with van der Waals surface area (Å²) in [7, 11) is 4.58. The SMILES string of the molecule is CCCN1[C]N(c2c(C)cc(C)cc2C)C=C1.[Cl][Au]. The molecule has 0 bridgehead atoms. The van der Waals surface area contributed by atoms with Crippen molar-refractivity contribution in [3.05, 3.63) is 47.9 Å². The van der Waals surface area contributed by atoms with E-state index in [0.29, 0.717) is 0 Å². The van der Waals surface area contributed by atoms with E-state index in [-0.39, 0.29) is 0 Å². The molecule has 0 aliphatic carbocycles. The second-order valence-corrected chi connectivity index (χ2v) is 4.71. The first-order chi connectivity index (χ1) is 9.11. The summed E-state index contributed by atoms with van der Waals surface area (Å²) in [6, 6.07) is 4.45. The molecule has 0 N–H and O–H groups in total. The first-order valence-electron chi connectivity index (χ1n) is 6.31. The molecule has 0 saturated carbocycles. The Bertz CT molecular complexity index is 423. The Kier molecular flexibility index (Phi) is 7.01. The van der Waals surface area contributed by atoms with Gasteiger partial charge >= 0.3 is 29.2 Å². The minimum atomic E-state index is 1.02. The molecule has 0 amide bonds. The standard InChI is InChI=1S/C15H20N2.Au.ClH/c1-5-6-16-7-8-17(11-16)15-13(3)9-12(2)10-14(15)4;;/h7-10H,5-6H2,1-4H3;;1H/q;+1;/p-1. The first kappa shape index (κ1) is 16.6. The predicted octanol–water partition coefficient (Wildman–Crippen LogP) is 4.30. The number of aryl methyl sites for hydroxylation is 3. The predicted molar refractivity (Wildman–Crippen MR) is 78.4 cm³/mol. The molecular weight excluding hydrogens is 441 g/mol. The summed E-state index contributed by atoms with van der Waals surface area (Å²) in [6.07, 6.45) is 5.31. The molecule has 1 aliphatic rings. The Morgan fingerprint density at radius 3 is 2.21 bits per heavy atom. The van der Waals surface area contributed by atoms with E-state index in [1.807, 2.05) is 0 Å². The number of rotatable bonds is 3. The normalized spacial score (nSPS) is 13.6. The molecule has 0 atom stereocenters. The summed E-state index contributed by atoms with van der Waals surface area (Å²) in [6.45, 7) is 13.0. The second-order valence-electron chi connectivity index (χ2n) is 4.71. The van der Waals surface area contributed by atoms with Crippen LogP contribution in [0.15, 0.2) is 24.5 Å². The van der Waals surface area contributed by atoms with E-state index < -0.39 is 0 Å². The molecule has 0 spiro atoms. The molecule has 1 aromatic carbocycles. The average Bonchev–Trinajstić information content (AvgIpc) is 2.79. The van der Waals surface area contributed by atoms with Gasteiger partial charge in [-0.3, -0.25) is 0 Å². The third-order valence-corrected chi connectivity index (χ3v) is 2.97. The number of nitrogens with zero attached hydrogens (tertiary/aromatic N) is 2. The number of halogens is 1. The zero-order chi connectivity index (χ0) is 14.4. The van der Waals surface area contributed by atoms with Gasteiger partial charge in [0.1, 0.15) is 0 Å². The van der Waals surface area contributed by atoms with Crippen molar-refractivity contribution in [2.45, 2.75) is 34.1 Å². The van der Waals surface area contributed by atoms with Crippen LogP contribution in [-0.4, -0.2) is 11.4 Å². The molecule has 1 aliphatic heterocycles. The van der Waals surface area contributed by atoms with E-state index in [9.17, 15) is 0 Å². The number of hydrogen-bond donors (Lipinski definition) is 0. The van der Waals surface area contributed by atoms with Crippen molar-refractivity contribution in [1.29, 1.82) is 0 Å². The van der Waals surface area contributed by atoms with Crippen LogP contribution in [0.1, 0.15) is 30.0 Å². The third-order valence-electron chi connectivity index (χ3n) is 2.97. The topological polar surface area (TPSA) is 6.48 Å². The van der Waals surface area contributed by atoms with Gasteiger partial charge in [0, 0.05) is 24.6 Å². The van der Waals surface area contributed by atoms with Gasteiger partial charge in [0.25, 0.3) is 0 Å². The van der Waals surface area contributed by atoms with E-state index >= 15 is 0 Å². The van der Waals surface area contributed by atoms with Gasteiger partial charge < -0.3 is 9.80 Å². The third kappa shape index (κ3) is 4.28. The van der Waals surface area contributed by atoms with Gasteiger partial charge in [-0.25, -0.2) is 0 Å². The number of hydrogen-bond acceptors (Lipinski definition) is 2. The molecule has 108 valence electrons. The van der Waals surface area contributed by atoms with Gasteiger partial charge in [-0.2, -0.15) is 0 Å². The Morgan fingerprint density at radius 2 is 1.68 bits per heavy atom. The van der Waals surface area contributed by atoms with Crippen molar-refractivity contribution < 1.29 is 20.0 Å². The van der Waals surface area contributed by atoms with Crippen LogP contribution in [0.2, 0.25) is 0 Å². The maximum atomic E-state index is 4.58. The molecule has 1 aromatic rings. The molecule has 19 heavy (non-hydrogen) atoms. The fourth-order valence-electron chi connectivity index (χ4n) is 2.39. The molecule has 0 fully saturated rings. The van der Waals surface area contributed by atoms with Gasteiger partial charge in [-0.15, -0.1) is 0 Å². The molecule has 4 heteroatoms. The van der Waals surface area contributed by atoms with E-state index in [1.165, 1.54) is 22.4 Å². The molecule has 2 rings (SSSR count). The van der Waals surface area contributed by atoms with Gasteiger partial charge in [0.2, 0.25) is 6.67 Å². The van der Waals surface area contributed by atoms with Crippen LogP contribution >= 0.6 is 9.19 Å². The van der Waals surface area contributed by atoms with Crippen LogP contribution in [0.4, 0.5) is 5.69 Å². The average molecular weight is 461 g/mol. The molecule has 0 saturated heterocycles. The summed E-state index contributed by atoms with van der Waals surface area (Å²) in [5.41, 5.74) is 5.18. The van der Waals surface area contributed by atoms with Gasteiger partial charge in [-0.1, -0.05) is 24.6 Å². The number of benzene rings is 1. The van der Waals surface area contributed by atoms with Crippen LogP contribution in [0.25, 0.3) is 0 Å². The van der Waals surface area contributed by atoms with Crippen molar-refractivity contribution in [3.8, 4) is 0 Å². The van der Waals surface area contributed by atoms with E-state index in [0.717, 1.165) is 13.0 Å². The van der Waals surface area contributed by atoms with Crippen molar-refractivity contribution in [2.24, 2.45) is 0 Å². The molecule has 2 radical (unpaired) electrons. The molecule has 0 unspecified atom stereocenters. The minimum absolute atomic E-state index is 1.02. The Hall–Kier alpha value is -0.410. The summed E-state index contributed by atoms with van der Waals surface area (Å²) >= 11 is 1.75. The molecule has 2 nitrogen and oxygen atoms in total. The maximum absolute atomic E-state index is 4.58. The summed E-state index contributed by atoms with van der Waals surface area (Å²) in [5, 5.41) is 0. The Balaban J connectivity index is 0.000000861. The van der Waals surface area contributed by atoms with Crippen LogP contribution in [0.3, 0.4) is 0 Å². The van der Waals surface area contributed by atoms with Crippen LogP contribution < -0.4 is 4.90 Å². The second kappa shape index (κ2) is 8.01. The number of anilines is 1. The van der Waals surface area contributed by atoms with E-state index in [1.54, 1.807) is 20.0 Å². The van der Waals surface area contributed by atoms with Crippen molar-refractivity contribution in [2.75, 3.05) is 11.4 Å². The molecular formula is C15H20AuClN2. The van der Waals surface area contributed by atoms with Gasteiger partial charge in [0.15, 0.2) is 0 Å². The van der Waals surface area contributed by atoms with Crippen molar-refractivity contribution in [3.63, 3.8) is 0 Å². The van der Waals surface area contributed by atoms with E-state index in [2.05, 4.69) is 77.9 Å². The summed E-state index contributed by atoms with van der Waals surface area (Å²) in [5.74, 6) is 0. The van der Waals surface area contributed by atoms with Crippen molar-refractivity contribution >= 4 is 14.9 Å². The summed E-state index contributed by atoms with van der Waals surface area (Å²) in [4.78, 5) is 4.21. The zero-order valence-electron chi connectivity index (χ0n) is 11.8. The van der Waals surface area contributed by atoms with Gasteiger partial charge in [0.05, 0.1) is 0 Å². The Morgan fingerprint density at radius 1 is 1.11 bits per heavy atom. The zero-order valence-corrected chi connectivity index (χ0v) is 14.7. The van der Waals surface area contributed by atoms with Crippen LogP contribution in [0.5, 0.6) is 0 Å². The fourth-order valence-corrected chi connectivity index (χ4v) is 2.39. The Labute approximate surface area is 133 Å². The van der Waals surface area contributed by atoms with Crippen LogP contribution in [0, 0.1) is 27.4 Å². The van der Waals surface area contributed by atoms with Crippen molar-refractivity contribution in [1.82, 2.24) is 4.90 Å². The van der Waals surface area contributed by atoms with Gasteiger partial charge in [-0.05, 0) is 38.3 Å². The molecule has 1 heterocycles. The monoisotopic (exact) mass is 460 g/mol. The fraction of sp³-hybridized carbons (Fsp3) is 0.400. The molecule has 0 aromatic heterocycles. The first-order valence-corrected chi connectivity index (χ1v) is 9.00. The van der Waals surface area contributed by atoms with Crippen LogP contribution in [-0.2, 0) is 20.0 Å². The summed E-state index contributed by atoms with van der Waals surface area (Å²) < 4.78 is 0. The van der Waals surface area contributed by atoms with E-state index in [4.69, 9.17) is 0 Å².